The van der Waals surface area contributed by atoms with E-state index in [1.807, 2.05) is 13.0 Å². The summed E-state index contributed by atoms with van der Waals surface area (Å²) in [5, 5.41) is 14.6. The highest BCUT2D eigenvalue weighted by Crippen LogP contribution is 2.40. The molecule has 3 aromatic carbocycles. The molecule has 10 nitrogen and oxygen atoms in total. The maximum Gasteiger partial charge on any atom is 0.248 e. The van der Waals surface area contributed by atoms with E-state index in [1.165, 1.54) is 24.5 Å². The van der Waals surface area contributed by atoms with Crippen LogP contribution in [0.3, 0.4) is 0 Å². The van der Waals surface area contributed by atoms with Gasteiger partial charge in [-0.3, -0.25) is 4.79 Å². The molecule has 43 heavy (non-hydrogen) atoms. The normalized spacial score (nSPS) is 12.9. The Morgan fingerprint density at radius 1 is 1.09 bits per heavy atom. The van der Waals surface area contributed by atoms with Crippen molar-refractivity contribution in [2.45, 2.75) is 25.7 Å². The molecule has 0 unspecified atom stereocenters. The third-order valence-electron chi connectivity index (χ3n) is 6.53. The van der Waals surface area contributed by atoms with Crippen molar-refractivity contribution < 1.29 is 23.1 Å². The van der Waals surface area contributed by atoms with Crippen molar-refractivity contribution in [3.05, 3.63) is 84.8 Å². The summed E-state index contributed by atoms with van der Waals surface area (Å²) in [4.78, 5) is 21.0. The number of rotatable bonds is 11. The van der Waals surface area contributed by atoms with Crippen molar-refractivity contribution in [3.8, 4) is 28.7 Å². The van der Waals surface area contributed by atoms with Crippen molar-refractivity contribution in [2.75, 3.05) is 23.1 Å². The van der Waals surface area contributed by atoms with Gasteiger partial charge in [0.05, 0.1) is 23.5 Å². The lowest BCUT2D eigenvalue weighted by Crippen LogP contribution is -2.10. The smallest absolute Gasteiger partial charge is 0.248 e. The van der Waals surface area contributed by atoms with Gasteiger partial charge in [0.2, 0.25) is 17.7 Å². The van der Waals surface area contributed by atoms with Gasteiger partial charge in [0, 0.05) is 41.0 Å². The van der Waals surface area contributed by atoms with Crippen LogP contribution in [-0.4, -0.2) is 38.6 Å². The number of fused-ring (bicyclic) bond motifs is 1. The number of halogens is 2. The quantitative estimate of drug-likeness (QED) is 0.118. The summed E-state index contributed by atoms with van der Waals surface area (Å²) in [6, 6.07) is 15.0. The zero-order valence-electron chi connectivity index (χ0n) is 23.0. The lowest BCUT2D eigenvalue weighted by molar-refractivity contribution is -0.111. The molecule has 12 heteroatoms. The van der Waals surface area contributed by atoms with Crippen molar-refractivity contribution in [1.82, 2.24) is 20.2 Å². The summed E-state index contributed by atoms with van der Waals surface area (Å²) in [6.45, 7) is 2.21. The number of benzene rings is 3. The molecule has 2 heterocycles. The average Bonchev–Trinajstić information content (AvgIpc) is 3.74. The fourth-order valence-electron chi connectivity index (χ4n) is 4.35. The van der Waals surface area contributed by atoms with Crippen LogP contribution in [0.2, 0.25) is 0 Å². The van der Waals surface area contributed by atoms with Gasteiger partial charge in [-0.25, -0.2) is 14.4 Å². The molecule has 0 spiro atoms. The molecule has 6 rings (SSSR count). The van der Waals surface area contributed by atoms with Crippen LogP contribution < -0.4 is 20.1 Å². The average molecular weight is 601 g/mol. The molecule has 0 saturated heterocycles. The van der Waals surface area contributed by atoms with Crippen molar-refractivity contribution >= 4 is 45.6 Å². The van der Waals surface area contributed by atoms with Gasteiger partial charge >= 0.3 is 0 Å². The van der Waals surface area contributed by atoms with Crippen LogP contribution in [0.25, 0.3) is 22.4 Å². The number of alkyl halides is 1. The van der Waals surface area contributed by atoms with Gasteiger partial charge < -0.3 is 24.5 Å². The fraction of sp³-hybridized carbons (Fsp3) is 0.194. The number of amides is 1. The summed E-state index contributed by atoms with van der Waals surface area (Å²) < 4.78 is 32.7. The molecule has 1 aliphatic carbocycles. The van der Waals surface area contributed by atoms with Crippen LogP contribution in [0.15, 0.2) is 77.5 Å². The summed E-state index contributed by atoms with van der Waals surface area (Å²) in [5.74, 6) is 2.26. The Kier molecular flexibility index (Phi) is 8.14. The predicted molar refractivity (Wildman–Crippen MR) is 161 cm³/mol. The van der Waals surface area contributed by atoms with Crippen LogP contribution in [0.4, 0.5) is 21.6 Å². The number of anilines is 3. The van der Waals surface area contributed by atoms with E-state index < -0.39 is 5.82 Å². The molecular weight excluding hydrogens is 575 g/mol. The molecular formula is C31H26ClFN6O4. The fourth-order valence-corrected chi connectivity index (χ4v) is 4.43. The van der Waals surface area contributed by atoms with Crippen LogP contribution in [-0.2, 0) is 4.79 Å². The van der Waals surface area contributed by atoms with E-state index in [-0.39, 0.29) is 17.5 Å². The Labute approximate surface area is 250 Å². The van der Waals surface area contributed by atoms with E-state index in [2.05, 4.69) is 30.8 Å². The third-order valence-corrected chi connectivity index (χ3v) is 6.71. The van der Waals surface area contributed by atoms with Crippen molar-refractivity contribution in [1.29, 1.82) is 0 Å². The maximum absolute atomic E-state index is 15.3. The molecule has 0 atom stereocenters. The summed E-state index contributed by atoms with van der Waals surface area (Å²) >= 11 is 5.65. The van der Waals surface area contributed by atoms with E-state index in [0.29, 0.717) is 69.5 Å². The van der Waals surface area contributed by atoms with Gasteiger partial charge in [0.15, 0.2) is 0 Å². The van der Waals surface area contributed by atoms with Gasteiger partial charge in [0.25, 0.3) is 0 Å². The predicted octanol–water partition coefficient (Wildman–Crippen LogP) is 7.36. The molecule has 2 aromatic heterocycles. The highest BCUT2D eigenvalue weighted by molar-refractivity contribution is 6.19. The molecule has 0 bridgehead atoms. The number of hydrogen-bond donors (Lipinski definition) is 2. The van der Waals surface area contributed by atoms with Gasteiger partial charge in [-0.05, 0) is 56.2 Å². The molecule has 1 saturated carbocycles. The number of carbonyl (C=O) groups is 1. The molecule has 1 amide bonds. The number of aromatic nitrogens is 4. The van der Waals surface area contributed by atoms with Crippen LogP contribution in [0.5, 0.6) is 17.2 Å². The largest absolute Gasteiger partial charge is 0.492 e. The van der Waals surface area contributed by atoms with Gasteiger partial charge in [-0.2, -0.15) is 0 Å². The minimum Gasteiger partial charge on any atom is -0.492 e. The topological polar surface area (TPSA) is 124 Å². The maximum atomic E-state index is 15.3. The van der Waals surface area contributed by atoms with E-state index in [9.17, 15) is 4.79 Å². The highest BCUT2D eigenvalue weighted by Gasteiger charge is 2.29. The number of nitrogens with one attached hydrogen (secondary N) is 2. The zero-order valence-corrected chi connectivity index (χ0v) is 23.8. The first-order valence-electron chi connectivity index (χ1n) is 13.6. The SMILES string of the molecule is CCOc1cc2ncnc(Nc3ccc(Oc4cccc(-c5nnc(C6CC6)o5)c4)cc3F)c2cc1NC(=O)/C=C/CCl. The van der Waals surface area contributed by atoms with Gasteiger partial charge in [-0.1, -0.05) is 12.1 Å². The van der Waals surface area contributed by atoms with E-state index >= 15 is 4.39 Å². The Hall–Kier alpha value is -5.03. The standard InChI is InChI=1S/C31H26ClFN6O4/c1-2-41-27-16-25-22(15-26(27)36-28(40)7-4-12-32)29(35-17-34-25)37-24-11-10-21(14-23(24)33)42-20-6-3-5-19(13-20)31-39-38-30(43-31)18-8-9-18/h3-7,10-11,13-18H,2,8-9,12H2,1H3,(H,36,40)(H,34,35,37)/b7-4+. The Morgan fingerprint density at radius 3 is 2.74 bits per heavy atom. The van der Waals surface area contributed by atoms with Crippen LogP contribution in [0, 0.1) is 5.82 Å². The van der Waals surface area contributed by atoms with Crippen molar-refractivity contribution in [3.63, 3.8) is 0 Å². The summed E-state index contributed by atoms with van der Waals surface area (Å²) in [6.07, 6.45) is 6.35. The second-order valence-electron chi connectivity index (χ2n) is 9.68. The van der Waals surface area contributed by atoms with E-state index in [4.69, 9.17) is 25.5 Å². The van der Waals surface area contributed by atoms with Gasteiger partial charge in [0.1, 0.15) is 35.2 Å². The number of carbonyl (C=O) groups excluding carboxylic acids is 1. The molecule has 1 aliphatic rings. The first-order valence-corrected chi connectivity index (χ1v) is 14.2. The Balaban J connectivity index is 1.22. The minimum absolute atomic E-state index is 0.170. The molecule has 2 N–H and O–H groups in total. The monoisotopic (exact) mass is 600 g/mol. The highest BCUT2D eigenvalue weighted by atomic mass is 35.5. The van der Waals surface area contributed by atoms with Gasteiger partial charge in [-0.15, -0.1) is 21.8 Å². The first-order chi connectivity index (χ1) is 21.0. The summed E-state index contributed by atoms with van der Waals surface area (Å²) in [7, 11) is 0. The van der Waals surface area contributed by atoms with Crippen molar-refractivity contribution in [2.24, 2.45) is 0 Å². The lowest BCUT2D eigenvalue weighted by Gasteiger charge is -2.15. The van der Waals surface area contributed by atoms with Crippen LogP contribution in [0.1, 0.15) is 31.6 Å². The zero-order chi connectivity index (χ0) is 29.8. The Morgan fingerprint density at radius 2 is 1.95 bits per heavy atom. The molecule has 0 aliphatic heterocycles. The molecule has 218 valence electrons. The van der Waals surface area contributed by atoms with E-state index in [0.717, 1.165) is 12.8 Å². The second-order valence-corrected chi connectivity index (χ2v) is 9.99. The van der Waals surface area contributed by atoms with E-state index in [1.54, 1.807) is 42.5 Å². The molecule has 1 fully saturated rings. The Bertz CT molecular complexity index is 1820. The number of ether oxygens (including phenoxy) is 2. The second kappa shape index (κ2) is 12.5. The number of nitrogens with zero attached hydrogens (tertiary/aromatic N) is 4. The molecule has 5 aromatic rings. The lowest BCUT2D eigenvalue weighted by atomic mass is 10.1. The molecule has 0 radical (unpaired) electrons. The third kappa shape index (κ3) is 6.57. The number of hydrogen-bond acceptors (Lipinski definition) is 9. The number of allylic oxidation sites excluding steroid dienone is 1. The van der Waals surface area contributed by atoms with Crippen LogP contribution >= 0.6 is 11.6 Å². The minimum atomic E-state index is -0.558. The summed E-state index contributed by atoms with van der Waals surface area (Å²) in [5.41, 5.74) is 1.83. The first kappa shape index (κ1) is 28.1.